The van der Waals surface area contributed by atoms with Gasteiger partial charge in [-0.1, -0.05) is 46.9 Å². The Morgan fingerprint density at radius 1 is 1.08 bits per heavy atom. The summed E-state index contributed by atoms with van der Waals surface area (Å²) < 4.78 is -1.86. The minimum absolute atomic E-state index is 0.00498. The SMILES string of the molecule is O=C([O-])c1ccc(N[C@H](NC(=O)c2cccnc2)C(Cl)(Cl)Cl)cc1. The van der Waals surface area contributed by atoms with Crippen LogP contribution in [0.2, 0.25) is 0 Å². The predicted molar refractivity (Wildman–Crippen MR) is 90.2 cm³/mol. The molecule has 24 heavy (non-hydrogen) atoms. The van der Waals surface area contributed by atoms with E-state index in [1.54, 1.807) is 12.1 Å². The number of alkyl halides is 3. The molecule has 0 aliphatic rings. The number of hydrogen-bond acceptors (Lipinski definition) is 5. The molecular weight excluding hydrogens is 377 g/mol. The van der Waals surface area contributed by atoms with Gasteiger partial charge in [0.2, 0.25) is 3.79 Å². The molecule has 1 aromatic heterocycles. The van der Waals surface area contributed by atoms with Crippen LogP contribution in [0, 0.1) is 0 Å². The minimum atomic E-state index is -1.86. The molecule has 6 nitrogen and oxygen atoms in total. The average Bonchev–Trinajstić information content (AvgIpc) is 2.54. The fraction of sp³-hybridized carbons (Fsp3) is 0.133. The van der Waals surface area contributed by atoms with Crippen molar-refractivity contribution in [3.05, 3.63) is 59.9 Å². The molecule has 126 valence electrons. The Bertz CT molecular complexity index is 718. The Morgan fingerprint density at radius 3 is 2.25 bits per heavy atom. The molecule has 0 saturated carbocycles. The van der Waals surface area contributed by atoms with Gasteiger partial charge < -0.3 is 20.5 Å². The van der Waals surface area contributed by atoms with Crippen LogP contribution in [0.4, 0.5) is 5.69 Å². The van der Waals surface area contributed by atoms with Crippen LogP contribution in [0.15, 0.2) is 48.8 Å². The Morgan fingerprint density at radius 2 is 1.75 bits per heavy atom. The van der Waals surface area contributed by atoms with Crippen molar-refractivity contribution in [2.75, 3.05) is 5.32 Å². The summed E-state index contributed by atoms with van der Waals surface area (Å²) in [6.45, 7) is 0. The van der Waals surface area contributed by atoms with Crippen LogP contribution in [-0.4, -0.2) is 26.8 Å². The quantitative estimate of drug-likeness (QED) is 0.604. The number of carbonyl (C=O) groups excluding carboxylic acids is 2. The molecule has 2 aromatic rings. The van der Waals surface area contributed by atoms with E-state index in [1.807, 2.05) is 0 Å². The molecule has 0 saturated heterocycles. The van der Waals surface area contributed by atoms with Crippen molar-refractivity contribution in [3.63, 3.8) is 0 Å². The van der Waals surface area contributed by atoms with Crippen molar-refractivity contribution in [3.8, 4) is 0 Å². The van der Waals surface area contributed by atoms with Crippen molar-refractivity contribution in [2.45, 2.75) is 9.96 Å². The van der Waals surface area contributed by atoms with E-state index in [1.165, 1.54) is 36.7 Å². The maximum Gasteiger partial charge on any atom is 0.254 e. The lowest BCUT2D eigenvalue weighted by Crippen LogP contribution is -2.49. The van der Waals surface area contributed by atoms with Gasteiger partial charge in [-0.15, -0.1) is 0 Å². The zero-order valence-electron chi connectivity index (χ0n) is 12.0. The van der Waals surface area contributed by atoms with Crippen molar-refractivity contribution < 1.29 is 14.7 Å². The van der Waals surface area contributed by atoms with Crippen molar-refractivity contribution >= 4 is 52.4 Å². The molecule has 0 spiro atoms. The van der Waals surface area contributed by atoms with Gasteiger partial charge in [-0.25, -0.2) is 0 Å². The number of carboxylic acids is 1. The highest BCUT2D eigenvalue weighted by Gasteiger charge is 2.34. The van der Waals surface area contributed by atoms with E-state index in [-0.39, 0.29) is 5.56 Å². The normalized spacial score (nSPS) is 12.3. The van der Waals surface area contributed by atoms with E-state index < -0.39 is 21.8 Å². The Labute approximate surface area is 152 Å². The molecule has 0 aliphatic heterocycles. The third-order valence-corrected chi connectivity index (χ3v) is 3.61. The molecule has 2 N–H and O–H groups in total. The Hall–Kier alpha value is -2.02. The first kappa shape index (κ1) is 18.3. The lowest BCUT2D eigenvalue weighted by atomic mass is 10.2. The molecule has 9 heteroatoms. The highest BCUT2D eigenvalue weighted by Crippen LogP contribution is 2.31. The van der Waals surface area contributed by atoms with Crippen LogP contribution >= 0.6 is 34.8 Å². The van der Waals surface area contributed by atoms with E-state index >= 15 is 0 Å². The molecular formula is C15H11Cl3N3O3-. The molecule has 1 heterocycles. The first-order valence-corrected chi connectivity index (χ1v) is 7.76. The summed E-state index contributed by atoms with van der Waals surface area (Å²) in [6.07, 6.45) is 1.84. The van der Waals surface area contributed by atoms with E-state index in [2.05, 4.69) is 15.6 Å². The van der Waals surface area contributed by atoms with Crippen molar-refractivity contribution in [1.82, 2.24) is 10.3 Å². The van der Waals surface area contributed by atoms with Gasteiger partial charge in [-0.05, 0) is 29.8 Å². The summed E-state index contributed by atoms with van der Waals surface area (Å²) in [7, 11) is 0. The van der Waals surface area contributed by atoms with Gasteiger partial charge in [-0.2, -0.15) is 0 Å². The molecule has 0 bridgehead atoms. The molecule has 1 aromatic carbocycles. The topological polar surface area (TPSA) is 94.1 Å². The van der Waals surface area contributed by atoms with Crippen LogP contribution in [0.25, 0.3) is 0 Å². The number of carbonyl (C=O) groups is 2. The first-order chi connectivity index (χ1) is 11.3. The largest absolute Gasteiger partial charge is 0.545 e. The fourth-order valence-corrected chi connectivity index (χ4v) is 2.11. The van der Waals surface area contributed by atoms with Crippen LogP contribution in [0.3, 0.4) is 0 Å². The first-order valence-electron chi connectivity index (χ1n) is 6.63. The van der Waals surface area contributed by atoms with Crippen LogP contribution in [0.1, 0.15) is 20.7 Å². The summed E-state index contributed by atoms with van der Waals surface area (Å²) in [6, 6.07) is 8.75. The number of aromatic carboxylic acids is 1. The third kappa shape index (κ3) is 4.99. The van der Waals surface area contributed by atoms with Crippen LogP contribution < -0.4 is 15.7 Å². The number of pyridine rings is 1. The number of hydrogen-bond donors (Lipinski definition) is 2. The second kappa shape index (κ2) is 7.70. The van der Waals surface area contributed by atoms with Crippen LogP contribution in [-0.2, 0) is 0 Å². The summed E-state index contributed by atoms with van der Waals surface area (Å²) in [5.41, 5.74) is 0.749. The maximum atomic E-state index is 12.2. The number of carboxylic acid groups (broad SMARTS) is 1. The van der Waals surface area contributed by atoms with E-state index in [0.29, 0.717) is 11.3 Å². The number of halogens is 3. The number of rotatable bonds is 5. The number of benzene rings is 1. The fourth-order valence-electron chi connectivity index (χ4n) is 1.78. The Balaban J connectivity index is 2.14. The standard InChI is InChI=1S/C15H12Cl3N3O3/c16-15(17,18)14(21-12(22)10-2-1-7-19-8-10)20-11-5-3-9(4-6-11)13(23)24/h1-8,14,20H,(H,21,22)(H,23,24)/p-1/t14-/m1/s1. The average molecular weight is 388 g/mol. The molecule has 1 atom stereocenters. The van der Waals surface area contributed by atoms with Gasteiger partial charge in [0.25, 0.3) is 5.91 Å². The van der Waals surface area contributed by atoms with Crippen LogP contribution in [0.5, 0.6) is 0 Å². The van der Waals surface area contributed by atoms with Gasteiger partial charge in [0.05, 0.1) is 11.5 Å². The minimum Gasteiger partial charge on any atom is -0.545 e. The summed E-state index contributed by atoms with van der Waals surface area (Å²) in [5.74, 6) is -1.79. The lowest BCUT2D eigenvalue weighted by Gasteiger charge is -2.27. The summed E-state index contributed by atoms with van der Waals surface area (Å²) >= 11 is 17.7. The number of nitrogens with one attached hydrogen (secondary N) is 2. The van der Waals surface area contributed by atoms with Crippen molar-refractivity contribution in [1.29, 1.82) is 0 Å². The van der Waals surface area contributed by atoms with E-state index in [4.69, 9.17) is 34.8 Å². The van der Waals surface area contributed by atoms with E-state index in [0.717, 1.165) is 0 Å². The third-order valence-electron chi connectivity index (χ3n) is 2.96. The Kier molecular flexibility index (Phi) is 5.88. The molecule has 0 radical (unpaired) electrons. The summed E-state index contributed by atoms with van der Waals surface area (Å²) in [4.78, 5) is 26.8. The molecule has 0 aliphatic carbocycles. The second-order valence-electron chi connectivity index (χ2n) is 4.70. The smallest absolute Gasteiger partial charge is 0.254 e. The molecule has 2 rings (SSSR count). The predicted octanol–water partition coefficient (Wildman–Crippen LogP) is 1.98. The zero-order chi connectivity index (χ0) is 17.7. The number of anilines is 1. The van der Waals surface area contributed by atoms with Gasteiger partial charge in [-0.3, -0.25) is 9.78 Å². The maximum absolute atomic E-state index is 12.2. The molecule has 1 amide bonds. The molecule has 0 unspecified atom stereocenters. The monoisotopic (exact) mass is 386 g/mol. The second-order valence-corrected chi connectivity index (χ2v) is 7.07. The number of nitrogens with zero attached hydrogens (tertiary/aromatic N) is 1. The summed E-state index contributed by atoms with van der Waals surface area (Å²) in [5, 5.41) is 16.1. The number of aromatic nitrogens is 1. The van der Waals surface area contributed by atoms with Gasteiger partial charge in [0.1, 0.15) is 6.17 Å². The van der Waals surface area contributed by atoms with Gasteiger partial charge >= 0.3 is 0 Å². The van der Waals surface area contributed by atoms with Gasteiger partial charge in [0.15, 0.2) is 0 Å². The molecule has 0 fully saturated rings. The zero-order valence-corrected chi connectivity index (χ0v) is 14.3. The lowest BCUT2D eigenvalue weighted by molar-refractivity contribution is -0.255. The van der Waals surface area contributed by atoms with Crippen molar-refractivity contribution in [2.24, 2.45) is 0 Å². The highest BCUT2D eigenvalue weighted by molar-refractivity contribution is 6.68. The van der Waals surface area contributed by atoms with Gasteiger partial charge in [0, 0.05) is 18.1 Å². The number of amides is 1. The van der Waals surface area contributed by atoms with E-state index in [9.17, 15) is 14.7 Å². The highest BCUT2D eigenvalue weighted by atomic mass is 35.6.